The zero-order chi connectivity index (χ0) is 18.2. The molecule has 0 aliphatic heterocycles. The van der Waals surface area contributed by atoms with Crippen LogP contribution < -0.4 is 20.2 Å². The molecule has 2 aromatic rings. The molecule has 0 saturated heterocycles. The van der Waals surface area contributed by atoms with Gasteiger partial charge in [0.1, 0.15) is 11.5 Å². The molecule has 0 saturated carbocycles. The molecule has 2 N–H and O–H groups in total. The van der Waals surface area contributed by atoms with E-state index in [0.717, 1.165) is 0 Å². The van der Waals surface area contributed by atoms with E-state index in [2.05, 4.69) is 15.8 Å². The van der Waals surface area contributed by atoms with E-state index in [1.54, 1.807) is 38.3 Å². The Bertz CT molecular complexity index is 769. The van der Waals surface area contributed by atoms with Gasteiger partial charge < -0.3 is 19.2 Å². The third-order valence-corrected chi connectivity index (χ3v) is 3.19. The van der Waals surface area contributed by atoms with E-state index in [0.29, 0.717) is 22.9 Å². The quantitative estimate of drug-likeness (QED) is 0.593. The predicted molar refractivity (Wildman–Crippen MR) is 92.1 cm³/mol. The average molecular weight is 345 g/mol. The minimum Gasteiger partial charge on any atom is -0.497 e. The van der Waals surface area contributed by atoms with E-state index in [-0.39, 0.29) is 18.1 Å². The van der Waals surface area contributed by atoms with E-state index < -0.39 is 5.91 Å². The molecular weight excluding hydrogens is 326 g/mol. The van der Waals surface area contributed by atoms with Crippen molar-refractivity contribution in [2.75, 3.05) is 19.5 Å². The molecule has 1 aromatic heterocycles. The number of amides is 2. The van der Waals surface area contributed by atoms with Crippen molar-refractivity contribution in [2.24, 2.45) is 5.10 Å². The zero-order valence-electron chi connectivity index (χ0n) is 14.2. The monoisotopic (exact) mass is 345 g/mol. The summed E-state index contributed by atoms with van der Waals surface area (Å²) >= 11 is 0. The van der Waals surface area contributed by atoms with Crippen LogP contribution in [0.25, 0.3) is 0 Å². The summed E-state index contributed by atoms with van der Waals surface area (Å²) in [5, 5.41) is 6.60. The fourth-order valence-corrected chi connectivity index (χ4v) is 1.98. The molecule has 1 aromatic carbocycles. The predicted octanol–water partition coefficient (Wildman–Crippen LogP) is 2.43. The summed E-state index contributed by atoms with van der Waals surface area (Å²) in [6.07, 6.45) is 1.40. The molecule has 0 unspecified atom stereocenters. The lowest BCUT2D eigenvalue weighted by atomic mass is 10.2. The van der Waals surface area contributed by atoms with Gasteiger partial charge in [-0.1, -0.05) is 0 Å². The van der Waals surface area contributed by atoms with Gasteiger partial charge in [-0.15, -0.1) is 0 Å². The van der Waals surface area contributed by atoms with E-state index in [1.807, 2.05) is 0 Å². The van der Waals surface area contributed by atoms with Crippen molar-refractivity contribution in [3.05, 3.63) is 42.4 Å². The number of carbonyl (C=O) groups is 2. The smallest absolute Gasteiger partial charge is 0.307 e. The van der Waals surface area contributed by atoms with Crippen molar-refractivity contribution in [3.8, 4) is 11.5 Å². The van der Waals surface area contributed by atoms with Crippen LogP contribution in [0.5, 0.6) is 11.5 Å². The van der Waals surface area contributed by atoms with Crippen molar-refractivity contribution < 1.29 is 23.5 Å². The Morgan fingerprint density at radius 3 is 2.64 bits per heavy atom. The molecule has 8 nitrogen and oxygen atoms in total. The second-order valence-corrected chi connectivity index (χ2v) is 5.06. The maximum absolute atomic E-state index is 12.1. The third kappa shape index (κ3) is 5.10. The topological polar surface area (TPSA) is 102 Å². The van der Waals surface area contributed by atoms with Gasteiger partial charge in [0.05, 0.1) is 32.6 Å². The minimum atomic E-state index is -0.485. The van der Waals surface area contributed by atoms with Crippen LogP contribution in [0, 0.1) is 0 Å². The highest BCUT2D eigenvalue weighted by molar-refractivity contribution is 6.06. The summed E-state index contributed by atoms with van der Waals surface area (Å²) in [6.45, 7) is 1.63. The minimum absolute atomic E-state index is 0.00756. The molecule has 1 heterocycles. The van der Waals surface area contributed by atoms with Gasteiger partial charge in [-0.25, -0.2) is 5.43 Å². The normalized spacial score (nSPS) is 10.9. The summed E-state index contributed by atoms with van der Waals surface area (Å²) in [7, 11) is 3.05. The third-order valence-electron chi connectivity index (χ3n) is 3.19. The maximum atomic E-state index is 12.1. The number of hydrogen-bond donors (Lipinski definition) is 2. The lowest BCUT2D eigenvalue weighted by molar-refractivity contribution is -0.115. The number of furan rings is 1. The van der Waals surface area contributed by atoms with Crippen molar-refractivity contribution in [2.45, 2.75) is 13.3 Å². The number of benzene rings is 1. The average Bonchev–Trinajstić information content (AvgIpc) is 3.14. The number of hydrazone groups is 1. The number of ether oxygens (including phenoxy) is 2. The van der Waals surface area contributed by atoms with E-state index >= 15 is 0 Å². The Balaban J connectivity index is 1.93. The Morgan fingerprint density at radius 1 is 1.20 bits per heavy atom. The lowest BCUT2D eigenvalue weighted by Crippen LogP contribution is -2.21. The SMILES string of the molecule is COc1ccc(NC(=O)C/C(C)=N\NC(=O)c2ccco2)c(OC)c1. The number of carbonyl (C=O) groups excluding carboxylic acids is 2. The number of nitrogens with one attached hydrogen (secondary N) is 2. The van der Waals surface area contributed by atoms with Gasteiger partial charge in [-0.3, -0.25) is 9.59 Å². The molecule has 0 aliphatic rings. The molecule has 0 radical (unpaired) electrons. The summed E-state index contributed by atoms with van der Waals surface area (Å²) in [5.74, 6) is 0.462. The summed E-state index contributed by atoms with van der Waals surface area (Å²) in [4.78, 5) is 23.8. The second-order valence-electron chi connectivity index (χ2n) is 5.06. The van der Waals surface area contributed by atoms with Gasteiger partial charge >= 0.3 is 5.91 Å². The Morgan fingerprint density at radius 2 is 2.00 bits per heavy atom. The van der Waals surface area contributed by atoms with Crippen molar-refractivity contribution in [3.63, 3.8) is 0 Å². The molecule has 0 atom stereocenters. The Labute approximate surface area is 144 Å². The van der Waals surface area contributed by atoms with Crippen LogP contribution in [0.15, 0.2) is 46.1 Å². The number of methoxy groups -OCH3 is 2. The van der Waals surface area contributed by atoms with Crippen molar-refractivity contribution >= 4 is 23.2 Å². The molecule has 0 aliphatic carbocycles. The highest BCUT2D eigenvalue weighted by Gasteiger charge is 2.11. The largest absolute Gasteiger partial charge is 0.497 e. The first-order valence-corrected chi connectivity index (χ1v) is 7.42. The first-order valence-electron chi connectivity index (χ1n) is 7.42. The molecular formula is C17H19N3O5. The number of rotatable bonds is 7. The van der Waals surface area contributed by atoms with Gasteiger partial charge in [0, 0.05) is 11.8 Å². The lowest BCUT2D eigenvalue weighted by Gasteiger charge is -2.11. The molecule has 0 bridgehead atoms. The van der Waals surface area contributed by atoms with Crippen LogP contribution in [0.1, 0.15) is 23.9 Å². The van der Waals surface area contributed by atoms with Crippen LogP contribution in [-0.4, -0.2) is 31.7 Å². The Hall–Kier alpha value is -3.29. The highest BCUT2D eigenvalue weighted by Crippen LogP contribution is 2.29. The second kappa shape index (κ2) is 8.53. The molecule has 132 valence electrons. The Kier molecular flexibility index (Phi) is 6.16. The van der Waals surface area contributed by atoms with Crippen LogP contribution in [0.4, 0.5) is 5.69 Å². The van der Waals surface area contributed by atoms with E-state index in [1.165, 1.54) is 19.4 Å². The molecule has 2 rings (SSSR count). The highest BCUT2D eigenvalue weighted by atomic mass is 16.5. The summed E-state index contributed by atoms with van der Waals surface area (Å²) < 4.78 is 15.3. The van der Waals surface area contributed by atoms with Crippen LogP contribution >= 0.6 is 0 Å². The van der Waals surface area contributed by atoms with Gasteiger partial charge in [-0.2, -0.15) is 5.10 Å². The number of nitrogens with zero attached hydrogens (tertiary/aromatic N) is 1. The zero-order valence-corrected chi connectivity index (χ0v) is 14.2. The maximum Gasteiger partial charge on any atom is 0.307 e. The standard InChI is InChI=1S/C17H19N3O5/c1-11(19-20-17(22)14-5-4-8-25-14)9-16(21)18-13-7-6-12(23-2)10-15(13)24-3/h4-8,10H,9H2,1-3H3,(H,18,21)(H,20,22)/b19-11-. The molecule has 25 heavy (non-hydrogen) atoms. The van der Waals surface area contributed by atoms with Crippen molar-refractivity contribution in [1.82, 2.24) is 5.43 Å². The van der Waals surface area contributed by atoms with Gasteiger partial charge in [0.2, 0.25) is 5.91 Å². The van der Waals surface area contributed by atoms with Crippen LogP contribution in [0.3, 0.4) is 0 Å². The summed E-state index contributed by atoms with van der Waals surface area (Å²) in [5.41, 5.74) is 3.28. The van der Waals surface area contributed by atoms with Crippen LogP contribution in [0.2, 0.25) is 0 Å². The molecule has 0 fully saturated rings. The van der Waals surface area contributed by atoms with Crippen molar-refractivity contribution in [1.29, 1.82) is 0 Å². The number of hydrogen-bond acceptors (Lipinski definition) is 6. The first-order chi connectivity index (χ1) is 12.0. The fourth-order valence-electron chi connectivity index (χ4n) is 1.98. The van der Waals surface area contributed by atoms with Gasteiger partial charge in [0.25, 0.3) is 0 Å². The van der Waals surface area contributed by atoms with Gasteiger partial charge in [-0.05, 0) is 31.2 Å². The van der Waals surface area contributed by atoms with Crippen LogP contribution in [-0.2, 0) is 4.79 Å². The number of anilines is 1. The fraction of sp³-hybridized carbons (Fsp3) is 0.235. The van der Waals surface area contributed by atoms with Gasteiger partial charge in [0.15, 0.2) is 5.76 Å². The van der Waals surface area contributed by atoms with E-state index in [4.69, 9.17) is 13.9 Å². The molecule has 0 spiro atoms. The van der Waals surface area contributed by atoms with E-state index in [9.17, 15) is 9.59 Å². The molecule has 2 amide bonds. The molecule has 8 heteroatoms. The first kappa shape index (κ1) is 18.1. The summed E-state index contributed by atoms with van der Waals surface area (Å²) in [6, 6.07) is 8.17.